The average molecular weight is 412 g/mol. The highest BCUT2D eigenvalue weighted by Crippen LogP contribution is 2.18. The van der Waals surface area contributed by atoms with Crippen LogP contribution in [-0.2, 0) is 11.3 Å². The van der Waals surface area contributed by atoms with Crippen molar-refractivity contribution in [2.45, 2.75) is 31.5 Å². The first-order valence-corrected chi connectivity index (χ1v) is 10.7. The zero-order valence-corrected chi connectivity index (χ0v) is 17.3. The Morgan fingerprint density at radius 1 is 1.14 bits per heavy atom. The minimum atomic E-state index is -0.115. The summed E-state index contributed by atoms with van der Waals surface area (Å²) in [4.78, 5) is 29.7. The number of rotatable bonds is 10. The number of para-hydroxylation sites is 2. The molecule has 0 aliphatic rings. The molecule has 0 saturated carbocycles. The van der Waals surface area contributed by atoms with E-state index in [0.29, 0.717) is 35.8 Å². The zero-order valence-electron chi connectivity index (χ0n) is 16.5. The predicted molar refractivity (Wildman–Crippen MR) is 117 cm³/mol. The number of carbonyl (C=O) groups is 1. The molecule has 0 bridgehead atoms. The summed E-state index contributed by atoms with van der Waals surface area (Å²) in [6.07, 6.45) is 1.86. The van der Waals surface area contributed by atoms with E-state index in [1.165, 1.54) is 11.8 Å². The van der Waals surface area contributed by atoms with Gasteiger partial charge in [0.1, 0.15) is 12.4 Å². The van der Waals surface area contributed by atoms with Gasteiger partial charge in [-0.1, -0.05) is 55.4 Å². The van der Waals surface area contributed by atoms with Gasteiger partial charge in [0.15, 0.2) is 5.16 Å². The van der Waals surface area contributed by atoms with Crippen LogP contribution >= 0.6 is 11.8 Å². The standard InChI is InChI=1S/C22H25N3O3S/c1-2-3-14-25-21(27)18-11-7-8-12-19(18)24-22(25)29-16-20(26)23-13-15-28-17-9-5-4-6-10-17/h4-12H,2-3,13-16H2,1H3,(H,23,26). The first-order valence-electron chi connectivity index (χ1n) is 9.76. The van der Waals surface area contributed by atoms with Crippen LogP contribution in [-0.4, -0.2) is 34.4 Å². The number of ether oxygens (including phenoxy) is 1. The molecule has 1 amide bonds. The second kappa shape index (κ2) is 10.7. The molecule has 0 fully saturated rings. The average Bonchev–Trinajstić information content (AvgIpc) is 2.75. The van der Waals surface area contributed by atoms with E-state index >= 15 is 0 Å². The molecular formula is C22H25N3O3S. The predicted octanol–water partition coefficient (Wildman–Crippen LogP) is 3.48. The molecule has 0 aliphatic carbocycles. The molecule has 0 saturated heterocycles. The molecule has 29 heavy (non-hydrogen) atoms. The third kappa shape index (κ3) is 5.84. The number of benzene rings is 2. The SMILES string of the molecule is CCCCn1c(SCC(=O)NCCOc2ccccc2)nc2ccccc2c1=O. The normalized spacial score (nSPS) is 10.8. The first-order chi connectivity index (χ1) is 14.2. The number of nitrogens with one attached hydrogen (secondary N) is 1. The molecule has 0 aliphatic heterocycles. The molecule has 1 N–H and O–H groups in total. The van der Waals surface area contributed by atoms with E-state index in [1.807, 2.05) is 48.5 Å². The number of hydrogen-bond donors (Lipinski definition) is 1. The van der Waals surface area contributed by atoms with E-state index in [0.717, 1.165) is 18.6 Å². The molecular weight excluding hydrogens is 386 g/mol. The summed E-state index contributed by atoms with van der Waals surface area (Å²) >= 11 is 1.29. The Bertz CT molecular complexity index is 1010. The van der Waals surface area contributed by atoms with Crippen molar-refractivity contribution in [2.24, 2.45) is 0 Å². The third-order valence-electron chi connectivity index (χ3n) is 4.33. The van der Waals surface area contributed by atoms with Crippen molar-refractivity contribution in [3.8, 4) is 5.75 Å². The van der Waals surface area contributed by atoms with Crippen molar-refractivity contribution in [1.29, 1.82) is 0 Å². The number of thioether (sulfide) groups is 1. The Morgan fingerprint density at radius 3 is 2.69 bits per heavy atom. The van der Waals surface area contributed by atoms with Crippen LogP contribution in [0.4, 0.5) is 0 Å². The lowest BCUT2D eigenvalue weighted by molar-refractivity contribution is -0.118. The maximum atomic E-state index is 12.8. The van der Waals surface area contributed by atoms with Gasteiger partial charge in [0.2, 0.25) is 5.91 Å². The van der Waals surface area contributed by atoms with Crippen molar-refractivity contribution in [3.63, 3.8) is 0 Å². The van der Waals surface area contributed by atoms with Gasteiger partial charge in [0.05, 0.1) is 23.2 Å². The second-order valence-corrected chi connectivity index (χ2v) is 7.46. The lowest BCUT2D eigenvalue weighted by atomic mass is 10.2. The van der Waals surface area contributed by atoms with Crippen LogP contribution in [0.25, 0.3) is 10.9 Å². The molecule has 6 nitrogen and oxygen atoms in total. The molecule has 152 valence electrons. The maximum absolute atomic E-state index is 12.8. The number of aromatic nitrogens is 2. The lowest BCUT2D eigenvalue weighted by Gasteiger charge is -2.13. The lowest BCUT2D eigenvalue weighted by Crippen LogP contribution is -2.30. The monoisotopic (exact) mass is 411 g/mol. The molecule has 2 aromatic carbocycles. The van der Waals surface area contributed by atoms with Crippen molar-refractivity contribution in [1.82, 2.24) is 14.9 Å². The van der Waals surface area contributed by atoms with Crippen molar-refractivity contribution < 1.29 is 9.53 Å². The molecule has 0 spiro atoms. The Labute approximate surface area is 174 Å². The molecule has 3 rings (SSSR count). The van der Waals surface area contributed by atoms with E-state index in [-0.39, 0.29) is 17.2 Å². The van der Waals surface area contributed by atoms with E-state index in [2.05, 4.69) is 17.2 Å². The maximum Gasteiger partial charge on any atom is 0.262 e. The van der Waals surface area contributed by atoms with Gasteiger partial charge in [-0.2, -0.15) is 0 Å². The fourth-order valence-corrected chi connectivity index (χ4v) is 3.68. The largest absolute Gasteiger partial charge is 0.492 e. The number of hydrogen-bond acceptors (Lipinski definition) is 5. The number of nitrogens with zero attached hydrogens (tertiary/aromatic N) is 2. The summed E-state index contributed by atoms with van der Waals surface area (Å²) in [7, 11) is 0. The Hall–Kier alpha value is -2.80. The molecule has 0 radical (unpaired) electrons. The summed E-state index contributed by atoms with van der Waals surface area (Å²) < 4.78 is 7.25. The quantitative estimate of drug-likeness (QED) is 0.314. The topological polar surface area (TPSA) is 73.2 Å². The molecule has 1 aromatic heterocycles. The fraction of sp³-hybridized carbons (Fsp3) is 0.318. The first kappa shape index (κ1) is 20.9. The van der Waals surface area contributed by atoms with Gasteiger partial charge in [0.25, 0.3) is 5.56 Å². The van der Waals surface area contributed by atoms with Gasteiger partial charge < -0.3 is 10.1 Å². The van der Waals surface area contributed by atoms with Crippen LogP contribution in [0.5, 0.6) is 5.75 Å². The number of unbranched alkanes of at least 4 members (excludes halogenated alkanes) is 1. The van der Waals surface area contributed by atoms with Crippen LogP contribution in [0.2, 0.25) is 0 Å². The van der Waals surface area contributed by atoms with Crippen LogP contribution in [0.15, 0.2) is 64.5 Å². The summed E-state index contributed by atoms with van der Waals surface area (Å²) in [6, 6.07) is 16.8. The summed E-state index contributed by atoms with van der Waals surface area (Å²) in [5.41, 5.74) is 0.604. The van der Waals surface area contributed by atoms with Gasteiger partial charge >= 0.3 is 0 Å². The third-order valence-corrected chi connectivity index (χ3v) is 5.31. The van der Waals surface area contributed by atoms with E-state index < -0.39 is 0 Å². The summed E-state index contributed by atoms with van der Waals surface area (Å²) in [5.74, 6) is 0.856. The van der Waals surface area contributed by atoms with E-state index in [1.54, 1.807) is 10.6 Å². The Kier molecular flexibility index (Phi) is 7.69. The highest BCUT2D eigenvalue weighted by Gasteiger charge is 2.13. The summed E-state index contributed by atoms with van der Waals surface area (Å²) in [6.45, 7) is 3.50. The molecule has 1 heterocycles. The minimum Gasteiger partial charge on any atom is -0.492 e. The minimum absolute atomic E-state index is 0.0526. The smallest absolute Gasteiger partial charge is 0.262 e. The number of fused-ring (bicyclic) bond motifs is 1. The van der Waals surface area contributed by atoms with Crippen molar-refractivity contribution >= 4 is 28.6 Å². The molecule has 3 aromatic rings. The Morgan fingerprint density at radius 2 is 1.90 bits per heavy atom. The Balaban J connectivity index is 1.58. The second-order valence-electron chi connectivity index (χ2n) is 6.52. The van der Waals surface area contributed by atoms with Crippen LogP contribution < -0.4 is 15.6 Å². The zero-order chi connectivity index (χ0) is 20.5. The van der Waals surface area contributed by atoms with Crippen molar-refractivity contribution in [3.05, 3.63) is 65.0 Å². The highest BCUT2D eigenvalue weighted by molar-refractivity contribution is 7.99. The van der Waals surface area contributed by atoms with Crippen LogP contribution in [0.3, 0.4) is 0 Å². The van der Waals surface area contributed by atoms with Gasteiger partial charge in [-0.05, 0) is 30.7 Å². The van der Waals surface area contributed by atoms with Crippen LogP contribution in [0, 0.1) is 0 Å². The van der Waals surface area contributed by atoms with Crippen LogP contribution in [0.1, 0.15) is 19.8 Å². The number of carbonyl (C=O) groups excluding carboxylic acids is 1. The highest BCUT2D eigenvalue weighted by atomic mass is 32.2. The molecule has 0 unspecified atom stereocenters. The van der Waals surface area contributed by atoms with Gasteiger partial charge in [0, 0.05) is 6.54 Å². The molecule has 0 atom stereocenters. The van der Waals surface area contributed by atoms with Gasteiger partial charge in [-0.3, -0.25) is 14.2 Å². The molecule has 7 heteroatoms. The number of amides is 1. The van der Waals surface area contributed by atoms with Crippen molar-refractivity contribution in [2.75, 3.05) is 18.9 Å². The van der Waals surface area contributed by atoms with Gasteiger partial charge in [-0.25, -0.2) is 4.98 Å². The summed E-state index contributed by atoms with van der Waals surface area (Å²) in [5, 5.41) is 4.03. The van der Waals surface area contributed by atoms with Gasteiger partial charge in [-0.15, -0.1) is 0 Å². The van der Waals surface area contributed by atoms with E-state index in [9.17, 15) is 9.59 Å². The fourth-order valence-electron chi connectivity index (χ4n) is 2.83. The van der Waals surface area contributed by atoms with E-state index in [4.69, 9.17) is 4.74 Å².